The highest BCUT2D eigenvalue weighted by Gasteiger charge is 2.18. The standard InChI is InChI=1S/C24H20N2O7/c1-2-30-24(29)16-6-8-17(9-7-16)25-22(27)18(26-23(28)20-4-3-11-31-20)12-15-5-10-19-21(13-15)33-14-32-19/h3-13H,2,14H2,1H3,(H,25,27)(H,26,28)/b18-12-. The molecule has 2 aromatic carbocycles. The Kier molecular flexibility index (Phi) is 6.40. The van der Waals surface area contributed by atoms with Crippen molar-refractivity contribution in [3.05, 3.63) is 83.4 Å². The third kappa shape index (κ3) is 5.21. The van der Waals surface area contributed by atoms with Crippen LogP contribution in [-0.4, -0.2) is 31.2 Å². The van der Waals surface area contributed by atoms with Gasteiger partial charge in [0.1, 0.15) is 5.70 Å². The van der Waals surface area contributed by atoms with Gasteiger partial charge in [-0.3, -0.25) is 9.59 Å². The van der Waals surface area contributed by atoms with Crippen LogP contribution in [0.1, 0.15) is 33.4 Å². The number of benzene rings is 2. The molecule has 0 aliphatic carbocycles. The Morgan fingerprint density at radius 3 is 2.55 bits per heavy atom. The molecule has 168 valence electrons. The first kappa shape index (κ1) is 21.7. The van der Waals surface area contributed by atoms with Gasteiger partial charge in [0.2, 0.25) is 6.79 Å². The number of furan rings is 1. The minimum absolute atomic E-state index is 0.0234. The van der Waals surface area contributed by atoms with Crippen LogP contribution in [-0.2, 0) is 9.53 Å². The van der Waals surface area contributed by atoms with Crippen LogP contribution >= 0.6 is 0 Å². The van der Waals surface area contributed by atoms with Crippen molar-refractivity contribution in [1.82, 2.24) is 5.32 Å². The first-order valence-corrected chi connectivity index (χ1v) is 10.1. The minimum Gasteiger partial charge on any atom is -0.462 e. The number of carbonyl (C=O) groups is 3. The van der Waals surface area contributed by atoms with Gasteiger partial charge in [-0.05, 0) is 67.1 Å². The maximum Gasteiger partial charge on any atom is 0.338 e. The van der Waals surface area contributed by atoms with Gasteiger partial charge in [-0.15, -0.1) is 0 Å². The van der Waals surface area contributed by atoms with Crippen LogP contribution in [0.5, 0.6) is 11.5 Å². The Bertz CT molecular complexity index is 1200. The lowest BCUT2D eigenvalue weighted by molar-refractivity contribution is -0.113. The average molecular weight is 448 g/mol. The topological polar surface area (TPSA) is 116 Å². The molecule has 0 saturated carbocycles. The Morgan fingerprint density at radius 2 is 1.82 bits per heavy atom. The van der Waals surface area contributed by atoms with E-state index in [1.54, 1.807) is 43.3 Å². The van der Waals surface area contributed by atoms with Gasteiger partial charge in [-0.2, -0.15) is 0 Å². The monoisotopic (exact) mass is 448 g/mol. The first-order chi connectivity index (χ1) is 16.0. The second kappa shape index (κ2) is 9.73. The molecule has 33 heavy (non-hydrogen) atoms. The van der Waals surface area contributed by atoms with Crippen LogP contribution in [0.4, 0.5) is 5.69 Å². The number of rotatable bonds is 7. The normalized spacial score (nSPS) is 12.2. The van der Waals surface area contributed by atoms with Gasteiger partial charge in [-0.1, -0.05) is 6.07 Å². The predicted molar refractivity (Wildman–Crippen MR) is 118 cm³/mol. The predicted octanol–water partition coefficient (Wildman–Crippen LogP) is 3.59. The van der Waals surface area contributed by atoms with E-state index in [4.69, 9.17) is 18.6 Å². The number of anilines is 1. The summed E-state index contributed by atoms with van der Waals surface area (Å²) in [6.07, 6.45) is 2.87. The van der Waals surface area contributed by atoms with Crippen LogP contribution in [0.25, 0.3) is 6.08 Å². The zero-order chi connectivity index (χ0) is 23.2. The van der Waals surface area contributed by atoms with E-state index in [9.17, 15) is 14.4 Å². The number of fused-ring (bicyclic) bond motifs is 1. The van der Waals surface area contributed by atoms with Crippen LogP contribution in [0.15, 0.2) is 71.0 Å². The van der Waals surface area contributed by atoms with E-state index in [0.717, 1.165) is 0 Å². The number of amides is 2. The zero-order valence-electron chi connectivity index (χ0n) is 17.6. The Labute approximate surface area is 188 Å². The average Bonchev–Trinajstić information content (AvgIpc) is 3.51. The molecule has 9 heteroatoms. The van der Waals surface area contributed by atoms with Crippen LogP contribution in [0.3, 0.4) is 0 Å². The summed E-state index contributed by atoms with van der Waals surface area (Å²) in [7, 11) is 0. The third-order valence-electron chi connectivity index (χ3n) is 4.60. The van der Waals surface area contributed by atoms with Gasteiger partial charge in [0, 0.05) is 5.69 Å². The number of hydrogen-bond donors (Lipinski definition) is 2. The summed E-state index contributed by atoms with van der Waals surface area (Å²) in [5.41, 5.74) is 1.38. The number of carbonyl (C=O) groups excluding carboxylic acids is 3. The zero-order valence-corrected chi connectivity index (χ0v) is 17.6. The second-order valence-electron chi connectivity index (χ2n) is 6.85. The van der Waals surface area contributed by atoms with Gasteiger partial charge in [0.05, 0.1) is 18.4 Å². The smallest absolute Gasteiger partial charge is 0.338 e. The molecular formula is C24H20N2O7. The lowest BCUT2D eigenvalue weighted by Gasteiger charge is -2.11. The van der Waals surface area contributed by atoms with Gasteiger partial charge < -0.3 is 29.3 Å². The van der Waals surface area contributed by atoms with Crippen LogP contribution in [0.2, 0.25) is 0 Å². The van der Waals surface area contributed by atoms with Crippen molar-refractivity contribution in [2.24, 2.45) is 0 Å². The number of nitrogens with one attached hydrogen (secondary N) is 2. The third-order valence-corrected chi connectivity index (χ3v) is 4.60. The van der Waals surface area contributed by atoms with Gasteiger partial charge >= 0.3 is 5.97 Å². The summed E-state index contributed by atoms with van der Waals surface area (Å²) in [6.45, 7) is 2.10. The Hall–Kier alpha value is -4.53. The fraction of sp³-hybridized carbons (Fsp3) is 0.125. The molecule has 2 heterocycles. The molecule has 9 nitrogen and oxygen atoms in total. The lowest BCUT2D eigenvalue weighted by atomic mass is 10.1. The summed E-state index contributed by atoms with van der Waals surface area (Å²) >= 11 is 0. The molecule has 0 fully saturated rings. The Balaban J connectivity index is 1.56. The molecule has 3 aromatic rings. The van der Waals surface area contributed by atoms with Crippen LogP contribution < -0.4 is 20.1 Å². The Morgan fingerprint density at radius 1 is 1.03 bits per heavy atom. The maximum atomic E-state index is 13.0. The fourth-order valence-electron chi connectivity index (χ4n) is 3.02. The molecule has 1 aliphatic rings. The molecule has 0 bridgehead atoms. The van der Waals surface area contributed by atoms with Crippen molar-refractivity contribution in [3.63, 3.8) is 0 Å². The summed E-state index contributed by atoms with van der Waals surface area (Å²) in [5.74, 6) is -0.422. The summed E-state index contributed by atoms with van der Waals surface area (Å²) in [5, 5.41) is 5.27. The van der Waals surface area contributed by atoms with E-state index < -0.39 is 17.8 Å². The van der Waals surface area contributed by atoms with Gasteiger partial charge in [0.25, 0.3) is 11.8 Å². The largest absolute Gasteiger partial charge is 0.462 e. The highest BCUT2D eigenvalue weighted by atomic mass is 16.7. The van der Waals surface area contributed by atoms with Gasteiger partial charge in [-0.25, -0.2) is 4.79 Å². The molecule has 0 spiro atoms. The number of ether oxygens (including phenoxy) is 3. The van der Waals surface area contributed by atoms with Crippen molar-refractivity contribution in [2.75, 3.05) is 18.7 Å². The fourth-order valence-corrected chi connectivity index (χ4v) is 3.02. The minimum atomic E-state index is -0.584. The molecule has 0 atom stereocenters. The van der Waals surface area contributed by atoms with E-state index >= 15 is 0 Å². The van der Waals surface area contributed by atoms with Crippen molar-refractivity contribution in [3.8, 4) is 11.5 Å². The quantitative estimate of drug-likeness (QED) is 0.419. The van der Waals surface area contributed by atoms with E-state index in [1.165, 1.54) is 30.5 Å². The highest BCUT2D eigenvalue weighted by Crippen LogP contribution is 2.33. The molecular weight excluding hydrogens is 428 g/mol. The maximum absolute atomic E-state index is 13.0. The van der Waals surface area contributed by atoms with Gasteiger partial charge in [0.15, 0.2) is 17.3 Å². The van der Waals surface area contributed by atoms with Crippen LogP contribution in [0, 0.1) is 0 Å². The molecule has 2 amide bonds. The van der Waals surface area contributed by atoms with Crippen molar-refractivity contribution in [2.45, 2.75) is 6.92 Å². The molecule has 0 saturated heterocycles. The summed E-state index contributed by atoms with van der Waals surface area (Å²) < 4.78 is 20.7. The molecule has 1 aliphatic heterocycles. The van der Waals surface area contributed by atoms with E-state index in [-0.39, 0.29) is 24.9 Å². The van der Waals surface area contributed by atoms with Crippen molar-refractivity contribution < 1.29 is 33.0 Å². The SMILES string of the molecule is CCOC(=O)c1ccc(NC(=O)/C(=C/c2ccc3c(c2)OCO3)NC(=O)c2ccco2)cc1. The highest BCUT2D eigenvalue weighted by molar-refractivity contribution is 6.10. The number of esters is 1. The molecule has 0 radical (unpaired) electrons. The summed E-state index contributed by atoms with van der Waals surface area (Å²) in [6, 6.07) is 14.4. The molecule has 1 aromatic heterocycles. The molecule has 0 unspecified atom stereocenters. The first-order valence-electron chi connectivity index (χ1n) is 10.1. The van der Waals surface area contributed by atoms with E-state index in [1.807, 2.05) is 0 Å². The molecule has 4 rings (SSSR count). The lowest BCUT2D eigenvalue weighted by Crippen LogP contribution is -2.30. The van der Waals surface area contributed by atoms with E-state index in [0.29, 0.717) is 28.3 Å². The van der Waals surface area contributed by atoms with E-state index in [2.05, 4.69) is 10.6 Å². The van der Waals surface area contributed by atoms with Crippen molar-refractivity contribution in [1.29, 1.82) is 0 Å². The second-order valence-corrected chi connectivity index (χ2v) is 6.85. The summed E-state index contributed by atoms with van der Waals surface area (Å²) in [4.78, 5) is 37.3. The van der Waals surface area contributed by atoms with Crippen molar-refractivity contribution >= 4 is 29.5 Å². The number of hydrogen-bond acceptors (Lipinski definition) is 7. The molecule has 2 N–H and O–H groups in total.